The number of nitrogens with zero attached hydrogens (tertiary/aromatic N) is 2. The van der Waals surface area contributed by atoms with Crippen LogP contribution in [0, 0.1) is 19.7 Å². The van der Waals surface area contributed by atoms with Gasteiger partial charge in [0.2, 0.25) is 5.91 Å². The minimum Gasteiger partial charge on any atom is -0.355 e. The van der Waals surface area contributed by atoms with Gasteiger partial charge in [0.25, 0.3) is 0 Å². The second-order valence-electron chi connectivity index (χ2n) is 4.95. The average Bonchev–Trinajstić information content (AvgIpc) is 2.44. The SMILES string of the molecule is Cc1cc(C)nc(SCC(=O)NCCc2cccc(F)c2)n1. The number of aryl methyl sites for hydroxylation is 2. The lowest BCUT2D eigenvalue weighted by atomic mass is 10.1. The first-order valence-corrected chi connectivity index (χ1v) is 7.98. The molecule has 0 unspecified atom stereocenters. The second kappa shape index (κ2) is 7.89. The third-order valence-corrected chi connectivity index (χ3v) is 3.77. The van der Waals surface area contributed by atoms with Crippen LogP contribution in [0.2, 0.25) is 0 Å². The van der Waals surface area contributed by atoms with Crippen molar-refractivity contribution in [2.75, 3.05) is 12.3 Å². The number of carbonyl (C=O) groups excluding carboxylic acids is 1. The number of aromatic nitrogens is 2. The molecule has 0 aliphatic rings. The van der Waals surface area contributed by atoms with Crippen LogP contribution in [-0.2, 0) is 11.2 Å². The molecule has 0 fully saturated rings. The standard InChI is InChI=1S/C16H18FN3OS/c1-11-8-12(2)20-16(19-11)22-10-15(21)18-7-6-13-4-3-5-14(17)9-13/h3-5,8-9H,6-7,10H2,1-2H3,(H,18,21). The fourth-order valence-corrected chi connectivity index (χ4v) is 2.76. The van der Waals surface area contributed by atoms with E-state index in [0.29, 0.717) is 18.1 Å². The molecule has 4 nitrogen and oxygen atoms in total. The van der Waals surface area contributed by atoms with E-state index in [-0.39, 0.29) is 17.5 Å². The van der Waals surface area contributed by atoms with Gasteiger partial charge < -0.3 is 5.32 Å². The number of benzene rings is 1. The van der Waals surface area contributed by atoms with Crippen molar-refractivity contribution in [3.63, 3.8) is 0 Å². The molecule has 0 radical (unpaired) electrons. The predicted molar refractivity (Wildman–Crippen MR) is 85.3 cm³/mol. The van der Waals surface area contributed by atoms with E-state index in [1.165, 1.54) is 23.9 Å². The molecule has 1 heterocycles. The van der Waals surface area contributed by atoms with Crippen LogP contribution >= 0.6 is 11.8 Å². The normalized spacial score (nSPS) is 10.5. The molecular weight excluding hydrogens is 301 g/mol. The quantitative estimate of drug-likeness (QED) is 0.657. The minimum atomic E-state index is -0.258. The fourth-order valence-electron chi connectivity index (χ4n) is 1.98. The maximum absolute atomic E-state index is 13.0. The van der Waals surface area contributed by atoms with E-state index < -0.39 is 0 Å². The molecule has 0 atom stereocenters. The number of rotatable bonds is 6. The van der Waals surface area contributed by atoms with Crippen molar-refractivity contribution in [2.45, 2.75) is 25.4 Å². The van der Waals surface area contributed by atoms with E-state index >= 15 is 0 Å². The van der Waals surface area contributed by atoms with Crippen LogP contribution in [0.25, 0.3) is 0 Å². The molecule has 2 aromatic rings. The minimum absolute atomic E-state index is 0.0795. The van der Waals surface area contributed by atoms with Crippen molar-refractivity contribution in [1.82, 2.24) is 15.3 Å². The Balaban J connectivity index is 1.74. The van der Waals surface area contributed by atoms with Gasteiger partial charge in [-0.05, 0) is 44.0 Å². The zero-order valence-electron chi connectivity index (χ0n) is 12.6. The van der Waals surface area contributed by atoms with Crippen LogP contribution in [0.4, 0.5) is 4.39 Å². The first kappa shape index (κ1) is 16.4. The van der Waals surface area contributed by atoms with Gasteiger partial charge in [-0.3, -0.25) is 4.79 Å². The number of hydrogen-bond donors (Lipinski definition) is 1. The van der Waals surface area contributed by atoms with E-state index in [4.69, 9.17) is 0 Å². The molecule has 0 saturated carbocycles. The van der Waals surface area contributed by atoms with E-state index in [9.17, 15) is 9.18 Å². The number of halogens is 1. The molecule has 0 aliphatic carbocycles. The van der Waals surface area contributed by atoms with Gasteiger partial charge in [-0.1, -0.05) is 23.9 Å². The topological polar surface area (TPSA) is 54.9 Å². The van der Waals surface area contributed by atoms with Gasteiger partial charge in [-0.2, -0.15) is 0 Å². The van der Waals surface area contributed by atoms with E-state index in [0.717, 1.165) is 17.0 Å². The lowest BCUT2D eigenvalue weighted by molar-refractivity contribution is -0.118. The molecule has 0 aliphatic heterocycles. The van der Waals surface area contributed by atoms with Gasteiger partial charge in [-0.15, -0.1) is 0 Å². The van der Waals surface area contributed by atoms with Gasteiger partial charge in [-0.25, -0.2) is 14.4 Å². The molecule has 6 heteroatoms. The average molecular weight is 319 g/mol. The van der Waals surface area contributed by atoms with Crippen molar-refractivity contribution < 1.29 is 9.18 Å². The highest BCUT2D eigenvalue weighted by Crippen LogP contribution is 2.13. The molecule has 0 bridgehead atoms. The summed E-state index contributed by atoms with van der Waals surface area (Å²) in [6.45, 7) is 4.28. The summed E-state index contributed by atoms with van der Waals surface area (Å²) in [5.41, 5.74) is 2.65. The molecule has 0 saturated heterocycles. The Labute approximate surface area is 133 Å². The van der Waals surface area contributed by atoms with Crippen molar-refractivity contribution in [3.8, 4) is 0 Å². The summed E-state index contributed by atoms with van der Waals surface area (Å²) in [6, 6.07) is 8.28. The number of amides is 1. The molecule has 116 valence electrons. The third-order valence-electron chi connectivity index (χ3n) is 2.92. The molecule has 1 aromatic heterocycles. The van der Waals surface area contributed by atoms with Crippen LogP contribution in [0.5, 0.6) is 0 Å². The van der Waals surface area contributed by atoms with Crippen molar-refractivity contribution in [1.29, 1.82) is 0 Å². The molecule has 1 aromatic carbocycles. The Morgan fingerprint density at radius 2 is 1.95 bits per heavy atom. The first-order chi connectivity index (χ1) is 10.5. The summed E-state index contributed by atoms with van der Waals surface area (Å²) < 4.78 is 13.0. The summed E-state index contributed by atoms with van der Waals surface area (Å²) >= 11 is 1.31. The van der Waals surface area contributed by atoms with Gasteiger partial charge in [0, 0.05) is 17.9 Å². The van der Waals surface area contributed by atoms with Crippen LogP contribution in [0.1, 0.15) is 17.0 Å². The molecule has 1 N–H and O–H groups in total. The van der Waals surface area contributed by atoms with Crippen molar-refractivity contribution >= 4 is 17.7 Å². The molecule has 2 rings (SSSR count). The Kier molecular flexibility index (Phi) is 5.89. The number of hydrogen-bond acceptors (Lipinski definition) is 4. The first-order valence-electron chi connectivity index (χ1n) is 6.99. The van der Waals surface area contributed by atoms with Crippen LogP contribution in [0.3, 0.4) is 0 Å². The Bertz CT molecular complexity index is 643. The molecule has 22 heavy (non-hydrogen) atoms. The van der Waals surface area contributed by atoms with Crippen LogP contribution < -0.4 is 5.32 Å². The van der Waals surface area contributed by atoms with E-state index in [1.807, 2.05) is 26.0 Å². The molecule has 1 amide bonds. The zero-order chi connectivity index (χ0) is 15.9. The predicted octanol–water partition coefficient (Wildman–Crippen LogP) is 2.68. The molecular formula is C16H18FN3OS. The molecule has 0 spiro atoms. The van der Waals surface area contributed by atoms with E-state index in [1.54, 1.807) is 6.07 Å². The van der Waals surface area contributed by atoms with Gasteiger partial charge >= 0.3 is 0 Å². The van der Waals surface area contributed by atoms with Crippen LogP contribution in [-0.4, -0.2) is 28.2 Å². The summed E-state index contributed by atoms with van der Waals surface area (Å²) in [5, 5.41) is 3.42. The summed E-state index contributed by atoms with van der Waals surface area (Å²) in [4.78, 5) is 20.3. The number of nitrogens with one attached hydrogen (secondary N) is 1. The highest BCUT2D eigenvalue weighted by atomic mass is 32.2. The second-order valence-corrected chi connectivity index (χ2v) is 5.89. The van der Waals surface area contributed by atoms with E-state index in [2.05, 4.69) is 15.3 Å². The Morgan fingerprint density at radius 3 is 2.64 bits per heavy atom. The highest BCUT2D eigenvalue weighted by molar-refractivity contribution is 7.99. The Morgan fingerprint density at radius 1 is 1.23 bits per heavy atom. The summed E-state index contributed by atoms with van der Waals surface area (Å²) in [6.07, 6.45) is 0.605. The third kappa shape index (κ3) is 5.44. The maximum Gasteiger partial charge on any atom is 0.230 e. The number of thioether (sulfide) groups is 1. The lowest BCUT2D eigenvalue weighted by Crippen LogP contribution is -2.27. The fraction of sp³-hybridized carbons (Fsp3) is 0.312. The highest BCUT2D eigenvalue weighted by Gasteiger charge is 2.06. The van der Waals surface area contributed by atoms with Gasteiger partial charge in [0.15, 0.2) is 5.16 Å². The Hall–Kier alpha value is -1.95. The largest absolute Gasteiger partial charge is 0.355 e. The maximum atomic E-state index is 13.0. The smallest absolute Gasteiger partial charge is 0.230 e. The summed E-state index contributed by atoms with van der Waals surface area (Å²) in [5.74, 6) is -0.0676. The van der Waals surface area contributed by atoms with Gasteiger partial charge in [0.1, 0.15) is 5.82 Å². The van der Waals surface area contributed by atoms with Crippen LogP contribution in [0.15, 0.2) is 35.5 Å². The van der Waals surface area contributed by atoms with Crippen molar-refractivity contribution in [3.05, 3.63) is 53.1 Å². The number of carbonyl (C=O) groups is 1. The summed E-state index contributed by atoms with van der Waals surface area (Å²) in [7, 11) is 0. The lowest BCUT2D eigenvalue weighted by Gasteiger charge is -2.06. The monoisotopic (exact) mass is 319 g/mol. The van der Waals surface area contributed by atoms with Gasteiger partial charge in [0.05, 0.1) is 5.75 Å². The zero-order valence-corrected chi connectivity index (χ0v) is 13.4. The van der Waals surface area contributed by atoms with Crippen molar-refractivity contribution in [2.24, 2.45) is 0 Å².